The first-order valence-corrected chi connectivity index (χ1v) is 16.4. The van der Waals surface area contributed by atoms with Crippen LogP contribution in [0.2, 0.25) is 0 Å². The zero-order valence-electron chi connectivity index (χ0n) is 27.7. The number of carbonyl (C=O) groups excluding carboxylic acids is 2. The molecule has 0 unspecified atom stereocenters. The molecule has 2 amide bonds. The summed E-state index contributed by atoms with van der Waals surface area (Å²) in [6, 6.07) is 25.1. The van der Waals surface area contributed by atoms with Crippen LogP contribution in [0.3, 0.4) is 0 Å². The van der Waals surface area contributed by atoms with Crippen LogP contribution in [0.15, 0.2) is 110 Å². The summed E-state index contributed by atoms with van der Waals surface area (Å²) in [5.41, 5.74) is 7.80. The second kappa shape index (κ2) is 15.7. The number of nitrogens with one attached hydrogen (secondary N) is 1. The lowest BCUT2D eigenvalue weighted by Crippen LogP contribution is -2.35. The zero-order chi connectivity index (χ0) is 35.9. The standard InChI is InChI=1S/C19H16FN3O2.C11H10ClFN2.C8H7NO2/c1-22-10-16(9-21-22)13-6-7-14(17(20)8-13)11-23-18-5-3-2-4-15(18)12-25-19(23)24;1-15-7-10(6-14-15)8-2-3-9(5-12)11(13)4-8;10-8-9-7-4-2-1-3-6(7)5-11-8/h2-10H,11-12H2,1H3;2-4,6-7H,5H2,1H3;1-4H,5H2,(H,9,10). The highest BCUT2D eigenvalue weighted by atomic mass is 35.5. The molecular formula is C38H33ClF2N6O4. The summed E-state index contributed by atoms with van der Waals surface area (Å²) >= 11 is 5.58. The Bertz CT molecular complexity index is 2190. The van der Waals surface area contributed by atoms with Gasteiger partial charge in [0.05, 0.1) is 36.2 Å². The molecule has 4 heterocycles. The van der Waals surface area contributed by atoms with Crippen molar-refractivity contribution in [3.8, 4) is 22.3 Å². The van der Waals surface area contributed by atoms with Crippen molar-refractivity contribution in [1.82, 2.24) is 19.6 Å². The number of para-hydroxylation sites is 2. The maximum atomic E-state index is 14.6. The number of aryl methyl sites for hydroxylation is 2. The van der Waals surface area contributed by atoms with Gasteiger partial charge in [-0.3, -0.25) is 19.6 Å². The Kier molecular flexibility index (Phi) is 10.7. The maximum Gasteiger partial charge on any atom is 0.414 e. The van der Waals surface area contributed by atoms with E-state index in [1.807, 2.05) is 87.2 Å². The minimum absolute atomic E-state index is 0.120. The van der Waals surface area contributed by atoms with E-state index in [4.69, 9.17) is 21.1 Å². The lowest BCUT2D eigenvalue weighted by Gasteiger charge is -2.29. The first kappa shape index (κ1) is 34.8. The van der Waals surface area contributed by atoms with Crippen molar-refractivity contribution in [1.29, 1.82) is 0 Å². The minimum Gasteiger partial charge on any atom is -0.444 e. The van der Waals surface area contributed by atoms with Crippen LogP contribution in [0.4, 0.5) is 29.7 Å². The molecule has 13 heteroatoms. The SMILES string of the molecule is Cn1cc(-c2ccc(CCl)c(F)c2)cn1.Cn1cc(-c2ccc(CN3C(=O)OCc4ccccc43)c(F)c2)cn1.O=C1Nc2ccccc2CO1. The number of hydrogen-bond acceptors (Lipinski definition) is 6. The molecule has 2 aliphatic rings. The van der Waals surface area contributed by atoms with Crippen LogP contribution in [-0.4, -0.2) is 31.7 Å². The Balaban J connectivity index is 0.000000146. The molecule has 0 radical (unpaired) electrons. The molecule has 2 aromatic heterocycles. The van der Waals surface area contributed by atoms with Gasteiger partial charge in [-0.05, 0) is 35.4 Å². The van der Waals surface area contributed by atoms with Crippen molar-refractivity contribution in [2.45, 2.75) is 25.6 Å². The Labute approximate surface area is 297 Å². The number of fused-ring (bicyclic) bond motifs is 2. The van der Waals surface area contributed by atoms with Crippen molar-refractivity contribution >= 4 is 35.2 Å². The Hall–Kier alpha value is -6.01. The summed E-state index contributed by atoms with van der Waals surface area (Å²) in [5.74, 6) is -0.442. The number of nitrogens with zero attached hydrogens (tertiary/aromatic N) is 5. The molecule has 0 bridgehead atoms. The summed E-state index contributed by atoms with van der Waals surface area (Å²) < 4.78 is 41.3. The van der Waals surface area contributed by atoms with Gasteiger partial charge in [-0.2, -0.15) is 10.2 Å². The van der Waals surface area contributed by atoms with Gasteiger partial charge >= 0.3 is 12.2 Å². The molecule has 260 valence electrons. The van der Waals surface area contributed by atoms with Crippen molar-refractivity contribution in [2.75, 3.05) is 10.2 Å². The van der Waals surface area contributed by atoms with Gasteiger partial charge in [-0.1, -0.05) is 60.7 Å². The third-order valence-electron chi connectivity index (χ3n) is 8.12. The fourth-order valence-corrected chi connectivity index (χ4v) is 5.64. The number of alkyl halides is 1. The van der Waals surface area contributed by atoms with E-state index < -0.39 is 6.09 Å². The van der Waals surface area contributed by atoms with Gasteiger partial charge < -0.3 is 9.47 Å². The average Bonchev–Trinajstić information content (AvgIpc) is 3.78. The van der Waals surface area contributed by atoms with Crippen molar-refractivity contribution in [3.05, 3.63) is 144 Å². The second-order valence-electron chi connectivity index (χ2n) is 11.7. The van der Waals surface area contributed by atoms with E-state index in [0.717, 1.165) is 44.8 Å². The number of halogens is 3. The summed E-state index contributed by atoms with van der Waals surface area (Å²) in [6.07, 6.45) is 6.22. The number of benzene rings is 4. The number of hydrogen-bond donors (Lipinski definition) is 1. The number of cyclic esters (lactones) is 2. The molecule has 4 aromatic carbocycles. The molecular weight excluding hydrogens is 678 g/mol. The summed E-state index contributed by atoms with van der Waals surface area (Å²) in [6.45, 7) is 0.741. The number of ether oxygens (including phenoxy) is 2. The third kappa shape index (κ3) is 8.42. The molecule has 0 atom stereocenters. The highest BCUT2D eigenvalue weighted by Gasteiger charge is 2.26. The normalized spacial score (nSPS) is 12.9. The Morgan fingerprint density at radius 3 is 1.88 bits per heavy atom. The second-order valence-corrected chi connectivity index (χ2v) is 11.9. The van der Waals surface area contributed by atoms with E-state index in [1.165, 1.54) is 17.0 Å². The number of anilines is 2. The summed E-state index contributed by atoms with van der Waals surface area (Å²) in [5, 5.41) is 10.7. The van der Waals surface area contributed by atoms with Crippen LogP contribution < -0.4 is 10.2 Å². The monoisotopic (exact) mass is 710 g/mol. The highest BCUT2D eigenvalue weighted by Crippen LogP contribution is 2.30. The first-order valence-electron chi connectivity index (χ1n) is 15.8. The van der Waals surface area contributed by atoms with Gasteiger partial charge in [0.15, 0.2) is 0 Å². The predicted octanol–water partition coefficient (Wildman–Crippen LogP) is 8.60. The quantitative estimate of drug-likeness (QED) is 0.180. The van der Waals surface area contributed by atoms with E-state index in [1.54, 1.807) is 33.9 Å². The van der Waals surface area contributed by atoms with Crippen LogP contribution in [0.1, 0.15) is 22.3 Å². The summed E-state index contributed by atoms with van der Waals surface area (Å²) in [4.78, 5) is 24.3. The lowest BCUT2D eigenvalue weighted by atomic mass is 10.1. The molecule has 1 N–H and O–H groups in total. The molecule has 8 rings (SSSR count). The molecule has 0 saturated carbocycles. The van der Waals surface area contributed by atoms with Gasteiger partial charge in [0.25, 0.3) is 0 Å². The fourth-order valence-electron chi connectivity index (χ4n) is 5.42. The van der Waals surface area contributed by atoms with Gasteiger partial charge in [0, 0.05) is 59.9 Å². The average molecular weight is 711 g/mol. The van der Waals surface area contributed by atoms with Crippen LogP contribution in [0.25, 0.3) is 22.3 Å². The van der Waals surface area contributed by atoms with E-state index in [-0.39, 0.29) is 36.8 Å². The maximum absolute atomic E-state index is 14.6. The molecule has 6 aromatic rings. The van der Waals surface area contributed by atoms with Crippen LogP contribution in [-0.2, 0) is 49.2 Å². The van der Waals surface area contributed by atoms with E-state index in [9.17, 15) is 18.4 Å². The molecule has 2 aliphatic heterocycles. The van der Waals surface area contributed by atoms with Crippen LogP contribution in [0.5, 0.6) is 0 Å². The largest absolute Gasteiger partial charge is 0.444 e. The van der Waals surface area contributed by atoms with E-state index >= 15 is 0 Å². The van der Waals surface area contributed by atoms with Gasteiger partial charge in [0.1, 0.15) is 24.8 Å². The van der Waals surface area contributed by atoms with Gasteiger partial charge in [-0.25, -0.2) is 18.4 Å². The molecule has 0 spiro atoms. The Morgan fingerprint density at radius 1 is 0.725 bits per heavy atom. The zero-order valence-corrected chi connectivity index (χ0v) is 28.5. The molecule has 0 saturated heterocycles. The molecule has 10 nitrogen and oxygen atoms in total. The van der Waals surface area contributed by atoms with Crippen LogP contribution in [0, 0.1) is 11.6 Å². The molecule has 0 aliphatic carbocycles. The third-order valence-corrected chi connectivity index (χ3v) is 8.41. The number of aromatic nitrogens is 4. The topological polar surface area (TPSA) is 104 Å². The van der Waals surface area contributed by atoms with E-state index in [0.29, 0.717) is 17.7 Å². The number of amides is 2. The number of carbonyl (C=O) groups is 2. The van der Waals surface area contributed by atoms with Crippen molar-refractivity contribution < 1.29 is 27.8 Å². The smallest absolute Gasteiger partial charge is 0.414 e. The first-order chi connectivity index (χ1) is 24.7. The number of rotatable bonds is 5. The highest BCUT2D eigenvalue weighted by molar-refractivity contribution is 6.17. The van der Waals surface area contributed by atoms with Crippen molar-refractivity contribution in [3.63, 3.8) is 0 Å². The van der Waals surface area contributed by atoms with Crippen LogP contribution >= 0.6 is 11.6 Å². The predicted molar refractivity (Wildman–Crippen MR) is 190 cm³/mol. The molecule has 51 heavy (non-hydrogen) atoms. The van der Waals surface area contributed by atoms with Gasteiger partial charge in [-0.15, -0.1) is 11.6 Å². The van der Waals surface area contributed by atoms with E-state index in [2.05, 4.69) is 15.5 Å². The summed E-state index contributed by atoms with van der Waals surface area (Å²) in [7, 11) is 3.64. The Morgan fingerprint density at radius 2 is 1.29 bits per heavy atom. The lowest BCUT2D eigenvalue weighted by molar-refractivity contribution is 0.141. The fraction of sp³-hybridized carbons (Fsp3) is 0.158. The van der Waals surface area contributed by atoms with Gasteiger partial charge in [0.2, 0.25) is 0 Å². The minimum atomic E-state index is -0.463. The van der Waals surface area contributed by atoms with Crippen molar-refractivity contribution in [2.24, 2.45) is 14.1 Å². The molecule has 0 fully saturated rings.